The number of amides is 1. The van der Waals surface area contributed by atoms with Gasteiger partial charge in [-0.3, -0.25) is 19.6 Å². The second kappa shape index (κ2) is 7.94. The number of nitro groups is 1. The van der Waals surface area contributed by atoms with Crippen LogP contribution in [0.15, 0.2) is 47.4 Å². The minimum absolute atomic E-state index is 0.0963. The average Bonchev–Trinajstić information content (AvgIpc) is 2.62. The molecule has 0 saturated carbocycles. The Morgan fingerprint density at radius 2 is 1.61 bits per heavy atom. The molecule has 0 spiro atoms. The highest BCUT2D eigenvalue weighted by molar-refractivity contribution is 7.92. The predicted molar refractivity (Wildman–Crippen MR) is 104 cm³/mol. The standard InChI is InChI=1S/C16H17N3O7S2/c1-3-28(25,26)18-13-6-4-12(5-7-13)17-16(20)11-8-14(19(21)22)10-15(9-11)27(2,23)24/h4-10,18H,3H2,1-2H3,(H,17,20). The van der Waals surface area contributed by atoms with Gasteiger partial charge in [0.25, 0.3) is 11.6 Å². The zero-order chi connectivity index (χ0) is 21.1. The van der Waals surface area contributed by atoms with Crippen molar-refractivity contribution in [2.45, 2.75) is 11.8 Å². The first-order chi connectivity index (χ1) is 12.9. The number of carbonyl (C=O) groups is 1. The molecule has 0 unspecified atom stereocenters. The summed E-state index contributed by atoms with van der Waals surface area (Å²) in [6.45, 7) is 1.49. The van der Waals surface area contributed by atoms with Crippen LogP contribution in [-0.2, 0) is 19.9 Å². The van der Waals surface area contributed by atoms with Crippen molar-refractivity contribution in [3.63, 3.8) is 0 Å². The number of nitrogens with one attached hydrogen (secondary N) is 2. The molecule has 0 aliphatic heterocycles. The van der Waals surface area contributed by atoms with E-state index in [0.717, 1.165) is 24.5 Å². The Bertz CT molecular complexity index is 1130. The number of sulfone groups is 1. The summed E-state index contributed by atoms with van der Waals surface area (Å²) in [7, 11) is -7.20. The van der Waals surface area contributed by atoms with Crippen LogP contribution in [0.3, 0.4) is 0 Å². The quantitative estimate of drug-likeness (QED) is 0.506. The SMILES string of the molecule is CCS(=O)(=O)Nc1ccc(NC(=O)c2cc([N+](=O)[O-])cc(S(C)(=O)=O)c2)cc1. The van der Waals surface area contributed by atoms with Crippen molar-refractivity contribution in [3.05, 3.63) is 58.1 Å². The maximum atomic E-state index is 12.4. The van der Waals surface area contributed by atoms with Gasteiger partial charge in [-0.05, 0) is 37.3 Å². The molecular formula is C16H17N3O7S2. The summed E-state index contributed by atoms with van der Waals surface area (Å²) >= 11 is 0. The van der Waals surface area contributed by atoms with Gasteiger partial charge < -0.3 is 5.32 Å². The van der Waals surface area contributed by atoms with Crippen LogP contribution in [0.2, 0.25) is 0 Å². The lowest BCUT2D eigenvalue weighted by molar-refractivity contribution is -0.385. The summed E-state index contributed by atoms with van der Waals surface area (Å²) in [5, 5.41) is 13.5. The molecule has 0 atom stereocenters. The van der Waals surface area contributed by atoms with Gasteiger partial charge in [0.05, 0.1) is 15.6 Å². The lowest BCUT2D eigenvalue weighted by Gasteiger charge is -2.09. The molecule has 0 bridgehead atoms. The molecule has 0 aliphatic carbocycles. The van der Waals surface area contributed by atoms with Gasteiger partial charge in [-0.25, -0.2) is 16.8 Å². The highest BCUT2D eigenvalue weighted by Gasteiger charge is 2.19. The number of non-ortho nitro benzene ring substituents is 1. The van der Waals surface area contributed by atoms with Crippen LogP contribution in [0.5, 0.6) is 0 Å². The van der Waals surface area contributed by atoms with Crippen molar-refractivity contribution in [1.82, 2.24) is 0 Å². The van der Waals surface area contributed by atoms with E-state index in [1.54, 1.807) is 0 Å². The van der Waals surface area contributed by atoms with Crippen LogP contribution in [0.4, 0.5) is 17.1 Å². The zero-order valence-corrected chi connectivity index (χ0v) is 16.5. The van der Waals surface area contributed by atoms with E-state index in [1.165, 1.54) is 31.2 Å². The van der Waals surface area contributed by atoms with Crippen molar-refractivity contribution in [1.29, 1.82) is 0 Å². The maximum absolute atomic E-state index is 12.4. The number of nitrogens with zero attached hydrogens (tertiary/aromatic N) is 1. The average molecular weight is 427 g/mol. The summed E-state index contributed by atoms with van der Waals surface area (Å²) in [6.07, 6.45) is 0.879. The number of sulfonamides is 1. The minimum Gasteiger partial charge on any atom is -0.322 e. The van der Waals surface area contributed by atoms with E-state index in [1.807, 2.05) is 0 Å². The summed E-state index contributed by atoms with van der Waals surface area (Å²) in [6, 6.07) is 8.60. The fourth-order valence-electron chi connectivity index (χ4n) is 2.11. The minimum atomic E-state index is -3.76. The molecule has 2 aromatic rings. The number of carbonyl (C=O) groups excluding carboxylic acids is 1. The van der Waals surface area contributed by atoms with E-state index >= 15 is 0 Å². The van der Waals surface area contributed by atoms with Gasteiger partial charge in [-0.1, -0.05) is 0 Å². The number of nitro benzene ring substituents is 1. The molecule has 10 nitrogen and oxygen atoms in total. The first-order valence-corrected chi connectivity index (χ1v) is 11.4. The Labute approximate surface area is 161 Å². The predicted octanol–water partition coefficient (Wildman–Crippen LogP) is 2.01. The van der Waals surface area contributed by atoms with E-state index in [-0.39, 0.29) is 21.9 Å². The van der Waals surface area contributed by atoms with Crippen molar-refractivity contribution in [2.24, 2.45) is 0 Å². The number of benzene rings is 2. The van der Waals surface area contributed by atoms with Crippen molar-refractivity contribution in [3.8, 4) is 0 Å². The molecule has 0 saturated heterocycles. The Morgan fingerprint density at radius 3 is 2.11 bits per heavy atom. The Morgan fingerprint density at radius 1 is 1.04 bits per heavy atom. The van der Waals surface area contributed by atoms with Gasteiger partial charge in [0.2, 0.25) is 10.0 Å². The molecule has 28 heavy (non-hydrogen) atoms. The van der Waals surface area contributed by atoms with E-state index in [4.69, 9.17) is 0 Å². The first-order valence-electron chi connectivity index (χ1n) is 7.83. The highest BCUT2D eigenvalue weighted by Crippen LogP contribution is 2.22. The molecule has 2 N–H and O–H groups in total. The second-order valence-electron chi connectivity index (χ2n) is 5.78. The molecule has 0 fully saturated rings. The van der Waals surface area contributed by atoms with Crippen LogP contribution in [0.25, 0.3) is 0 Å². The van der Waals surface area contributed by atoms with Crippen molar-refractivity contribution in [2.75, 3.05) is 22.0 Å². The van der Waals surface area contributed by atoms with Crippen molar-refractivity contribution >= 4 is 42.8 Å². The Balaban J connectivity index is 2.27. The molecule has 2 rings (SSSR count). The van der Waals surface area contributed by atoms with E-state index < -0.39 is 36.4 Å². The fourth-order valence-corrected chi connectivity index (χ4v) is 3.43. The molecule has 0 aliphatic rings. The number of anilines is 2. The monoisotopic (exact) mass is 427 g/mol. The van der Waals surface area contributed by atoms with Gasteiger partial charge >= 0.3 is 0 Å². The summed E-state index contributed by atoms with van der Waals surface area (Å²) < 4.78 is 48.8. The lowest BCUT2D eigenvalue weighted by Crippen LogP contribution is -2.15. The van der Waals surface area contributed by atoms with Crippen LogP contribution in [0.1, 0.15) is 17.3 Å². The normalized spacial score (nSPS) is 11.6. The first kappa shape index (κ1) is 21.3. The van der Waals surface area contributed by atoms with Crippen LogP contribution < -0.4 is 10.0 Å². The third-order valence-corrected chi connectivity index (χ3v) is 5.99. The third kappa shape index (κ3) is 5.50. The summed E-state index contributed by atoms with van der Waals surface area (Å²) in [4.78, 5) is 22.3. The topological polar surface area (TPSA) is 153 Å². The lowest BCUT2D eigenvalue weighted by atomic mass is 10.2. The number of hydrogen-bond acceptors (Lipinski definition) is 7. The van der Waals surface area contributed by atoms with Gasteiger partial charge in [0, 0.05) is 35.3 Å². The molecule has 150 valence electrons. The third-order valence-electron chi connectivity index (χ3n) is 3.59. The number of hydrogen-bond donors (Lipinski definition) is 2. The van der Waals surface area contributed by atoms with Crippen molar-refractivity contribution < 1.29 is 26.6 Å². The maximum Gasteiger partial charge on any atom is 0.271 e. The molecule has 0 radical (unpaired) electrons. The number of rotatable bonds is 7. The molecule has 12 heteroatoms. The van der Waals surface area contributed by atoms with Gasteiger partial charge in [-0.2, -0.15) is 0 Å². The second-order valence-corrected chi connectivity index (χ2v) is 9.81. The van der Waals surface area contributed by atoms with E-state index in [2.05, 4.69) is 10.0 Å². The van der Waals surface area contributed by atoms with Crippen LogP contribution in [-0.4, -0.2) is 39.7 Å². The molecule has 1 amide bonds. The van der Waals surface area contributed by atoms with E-state index in [9.17, 15) is 31.7 Å². The zero-order valence-electron chi connectivity index (χ0n) is 14.9. The summed E-state index contributed by atoms with van der Waals surface area (Å²) in [5.74, 6) is -0.850. The Hall–Kier alpha value is -2.99. The molecular weight excluding hydrogens is 410 g/mol. The van der Waals surface area contributed by atoms with Gasteiger partial charge in [0.15, 0.2) is 9.84 Å². The van der Waals surface area contributed by atoms with Gasteiger partial charge in [0.1, 0.15) is 0 Å². The van der Waals surface area contributed by atoms with E-state index in [0.29, 0.717) is 5.69 Å². The summed E-state index contributed by atoms with van der Waals surface area (Å²) in [5.41, 5.74) is -0.144. The Kier molecular flexibility index (Phi) is 6.04. The van der Waals surface area contributed by atoms with Crippen LogP contribution >= 0.6 is 0 Å². The van der Waals surface area contributed by atoms with Gasteiger partial charge in [-0.15, -0.1) is 0 Å². The largest absolute Gasteiger partial charge is 0.322 e. The molecule has 0 heterocycles. The molecule has 0 aromatic heterocycles. The van der Waals surface area contributed by atoms with Crippen LogP contribution in [0, 0.1) is 10.1 Å². The highest BCUT2D eigenvalue weighted by atomic mass is 32.2. The fraction of sp³-hybridized carbons (Fsp3) is 0.188. The molecule has 2 aromatic carbocycles. The smallest absolute Gasteiger partial charge is 0.271 e.